The number of aromatic nitrogens is 1. The van der Waals surface area contributed by atoms with Crippen molar-refractivity contribution in [1.82, 2.24) is 4.98 Å². The molecule has 12 heavy (non-hydrogen) atoms. The molecule has 1 rings (SSSR count). The Morgan fingerprint density at radius 1 is 1.50 bits per heavy atom. The number of hydrogen-bond donors (Lipinski definition) is 0. The van der Waals surface area contributed by atoms with Gasteiger partial charge in [-0.3, -0.25) is 0 Å². The van der Waals surface area contributed by atoms with Gasteiger partial charge in [-0.1, -0.05) is 11.6 Å². The van der Waals surface area contributed by atoms with Gasteiger partial charge in [0.25, 0.3) is 6.43 Å². The summed E-state index contributed by atoms with van der Waals surface area (Å²) in [7, 11) is 0. The molecule has 0 bridgehead atoms. The molecule has 1 aromatic heterocycles. The molecule has 1 heterocycles. The molecule has 0 aliphatic rings. The SMILES string of the molecule is Fc1c(C(F)F)cnc(I)c1Cl. The third kappa shape index (κ3) is 1.82. The summed E-state index contributed by atoms with van der Waals surface area (Å²) in [5, 5.41) is -0.353. The van der Waals surface area contributed by atoms with Gasteiger partial charge in [-0.25, -0.2) is 18.2 Å². The Kier molecular flexibility index (Phi) is 3.16. The van der Waals surface area contributed by atoms with E-state index in [1.165, 1.54) is 0 Å². The standard InChI is InChI=1S/C6H2ClF3IN/c7-3-4(8)2(5(9)10)1-12-6(3)11/h1,5H. The van der Waals surface area contributed by atoms with Gasteiger partial charge in [-0.15, -0.1) is 0 Å². The minimum absolute atomic E-state index is 0.177. The van der Waals surface area contributed by atoms with E-state index < -0.39 is 17.8 Å². The maximum Gasteiger partial charge on any atom is 0.268 e. The zero-order valence-electron chi connectivity index (χ0n) is 5.49. The van der Waals surface area contributed by atoms with E-state index in [9.17, 15) is 13.2 Å². The average molecular weight is 307 g/mol. The van der Waals surface area contributed by atoms with Crippen LogP contribution in [0, 0.1) is 9.52 Å². The first-order valence-corrected chi connectivity index (χ1v) is 4.27. The van der Waals surface area contributed by atoms with E-state index in [0.29, 0.717) is 0 Å². The lowest BCUT2D eigenvalue weighted by Gasteiger charge is -2.02. The van der Waals surface area contributed by atoms with Gasteiger partial charge in [0.2, 0.25) is 0 Å². The zero-order chi connectivity index (χ0) is 9.30. The predicted molar refractivity (Wildman–Crippen MR) is 46.9 cm³/mol. The second-order valence-corrected chi connectivity index (χ2v) is 3.33. The lowest BCUT2D eigenvalue weighted by molar-refractivity contribution is 0.146. The molecule has 1 aromatic rings. The second-order valence-electron chi connectivity index (χ2n) is 1.93. The van der Waals surface area contributed by atoms with Crippen LogP contribution in [0.1, 0.15) is 12.0 Å². The van der Waals surface area contributed by atoms with Crippen LogP contribution in [0.15, 0.2) is 6.20 Å². The molecule has 0 aromatic carbocycles. The predicted octanol–water partition coefficient (Wildman–Crippen LogP) is 3.42. The summed E-state index contributed by atoms with van der Waals surface area (Å²) in [5.41, 5.74) is -0.764. The molecule has 1 nitrogen and oxygen atoms in total. The van der Waals surface area contributed by atoms with E-state index >= 15 is 0 Å². The third-order valence-corrected chi connectivity index (χ3v) is 2.66. The quantitative estimate of drug-likeness (QED) is 0.572. The molecule has 0 fully saturated rings. The van der Waals surface area contributed by atoms with E-state index in [4.69, 9.17) is 11.6 Å². The number of pyridine rings is 1. The van der Waals surface area contributed by atoms with Crippen molar-refractivity contribution < 1.29 is 13.2 Å². The van der Waals surface area contributed by atoms with Gasteiger partial charge in [-0.05, 0) is 22.6 Å². The summed E-state index contributed by atoms with van der Waals surface area (Å²) in [4.78, 5) is 3.50. The number of hydrogen-bond acceptors (Lipinski definition) is 1. The first kappa shape index (κ1) is 10.0. The van der Waals surface area contributed by atoms with Crippen LogP contribution in [-0.2, 0) is 0 Å². The average Bonchev–Trinajstić information content (AvgIpc) is 2.00. The Hall–Kier alpha value is -0.0400. The van der Waals surface area contributed by atoms with Gasteiger partial charge in [0.05, 0.1) is 5.56 Å². The highest BCUT2D eigenvalue weighted by Crippen LogP contribution is 2.28. The van der Waals surface area contributed by atoms with Gasteiger partial charge in [-0.2, -0.15) is 0 Å². The topological polar surface area (TPSA) is 12.9 Å². The van der Waals surface area contributed by atoms with Crippen molar-refractivity contribution in [3.8, 4) is 0 Å². The van der Waals surface area contributed by atoms with Crippen molar-refractivity contribution in [1.29, 1.82) is 0 Å². The molecule has 0 spiro atoms. The van der Waals surface area contributed by atoms with Crippen LogP contribution in [0.4, 0.5) is 13.2 Å². The fraction of sp³-hybridized carbons (Fsp3) is 0.167. The maximum absolute atomic E-state index is 12.9. The van der Waals surface area contributed by atoms with Crippen molar-refractivity contribution in [2.45, 2.75) is 6.43 Å². The molecule has 0 radical (unpaired) electrons. The molecule has 0 atom stereocenters. The Balaban J connectivity index is 3.27. The third-order valence-electron chi connectivity index (χ3n) is 1.18. The number of nitrogens with zero attached hydrogens (tertiary/aromatic N) is 1. The highest BCUT2D eigenvalue weighted by atomic mass is 127. The number of alkyl halides is 2. The second kappa shape index (κ2) is 3.78. The van der Waals surface area contributed by atoms with Crippen LogP contribution in [-0.4, -0.2) is 4.98 Å². The van der Waals surface area contributed by atoms with Crippen molar-refractivity contribution in [3.05, 3.63) is 26.3 Å². The molecule has 0 N–H and O–H groups in total. The van der Waals surface area contributed by atoms with Gasteiger partial charge in [0.15, 0.2) is 5.82 Å². The largest absolute Gasteiger partial charge is 0.268 e. The summed E-state index contributed by atoms with van der Waals surface area (Å²) < 4.78 is 37.0. The van der Waals surface area contributed by atoms with E-state index in [1.807, 2.05) is 0 Å². The monoisotopic (exact) mass is 307 g/mol. The molecule has 0 amide bonds. The summed E-state index contributed by atoms with van der Waals surface area (Å²) in [5.74, 6) is -1.09. The normalized spacial score (nSPS) is 10.8. The van der Waals surface area contributed by atoms with E-state index in [2.05, 4.69) is 4.98 Å². The van der Waals surface area contributed by atoms with Crippen molar-refractivity contribution in [3.63, 3.8) is 0 Å². The van der Waals surface area contributed by atoms with Gasteiger partial charge in [0, 0.05) is 6.20 Å². The Morgan fingerprint density at radius 3 is 2.58 bits per heavy atom. The van der Waals surface area contributed by atoms with Crippen LogP contribution in [0.3, 0.4) is 0 Å². The van der Waals surface area contributed by atoms with Crippen LogP contribution >= 0.6 is 34.2 Å². The number of halogens is 5. The summed E-state index contributed by atoms with van der Waals surface area (Å²) in [6.45, 7) is 0. The Labute approximate surface area is 85.1 Å². The maximum atomic E-state index is 12.9. The van der Waals surface area contributed by atoms with Crippen molar-refractivity contribution in [2.24, 2.45) is 0 Å². The van der Waals surface area contributed by atoms with E-state index in [-0.39, 0.29) is 8.72 Å². The molecule has 0 aliphatic heterocycles. The van der Waals surface area contributed by atoms with Crippen LogP contribution in [0.25, 0.3) is 0 Å². The first-order chi connectivity index (χ1) is 5.54. The minimum Gasteiger partial charge on any atom is -0.248 e. The zero-order valence-corrected chi connectivity index (χ0v) is 8.41. The fourth-order valence-corrected chi connectivity index (χ4v) is 1.14. The van der Waals surface area contributed by atoms with Crippen LogP contribution in [0.2, 0.25) is 5.02 Å². The van der Waals surface area contributed by atoms with Crippen LogP contribution < -0.4 is 0 Å². The van der Waals surface area contributed by atoms with Gasteiger partial charge < -0.3 is 0 Å². The van der Waals surface area contributed by atoms with E-state index in [0.717, 1.165) is 6.20 Å². The number of rotatable bonds is 1. The lowest BCUT2D eigenvalue weighted by Crippen LogP contribution is -1.96. The van der Waals surface area contributed by atoms with Gasteiger partial charge >= 0.3 is 0 Å². The molecular weight excluding hydrogens is 305 g/mol. The summed E-state index contributed by atoms with van der Waals surface area (Å²) >= 11 is 7.01. The highest BCUT2D eigenvalue weighted by molar-refractivity contribution is 14.1. The van der Waals surface area contributed by atoms with Crippen LogP contribution in [0.5, 0.6) is 0 Å². The summed E-state index contributed by atoms with van der Waals surface area (Å²) in [6.07, 6.45) is -2.10. The molecule has 0 aliphatic carbocycles. The van der Waals surface area contributed by atoms with Gasteiger partial charge in [0.1, 0.15) is 8.72 Å². The first-order valence-electron chi connectivity index (χ1n) is 2.81. The highest BCUT2D eigenvalue weighted by Gasteiger charge is 2.18. The molecule has 0 saturated carbocycles. The van der Waals surface area contributed by atoms with Crippen molar-refractivity contribution >= 4 is 34.2 Å². The molecule has 66 valence electrons. The van der Waals surface area contributed by atoms with E-state index in [1.54, 1.807) is 22.6 Å². The molecule has 0 unspecified atom stereocenters. The summed E-state index contributed by atoms with van der Waals surface area (Å²) in [6, 6.07) is 0. The van der Waals surface area contributed by atoms with Crippen molar-refractivity contribution in [2.75, 3.05) is 0 Å². The fourth-order valence-electron chi connectivity index (χ4n) is 0.609. The lowest BCUT2D eigenvalue weighted by atomic mass is 10.3. The molecular formula is C6H2ClF3IN. The Morgan fingerprint density at radius 2 is 2.08 bits per heavy atom. The minimum atomic E-state index is -2.88. The smallest absolute Gasteiger partial charge is 0.248 e. The Bertz CT molecular complexity index is 305. The molecule has 6 heteroatoms. The molecule has 0 saturated heterocycles.